The normalized spacial score (nSPS) is 14.7. The second-order valence-electron chi connectivity index (χ2n) is 8.30. The molecule has 32 heavy (non-hydrogen) atoms. The van der Waals surface area contributed by atoms with Crippen LogP contribution in [0.3, 0.4) is 0 Å². The molecule has 0 atom stereocenters. The Morgan fingerprint density at radius 2 is 1.59 bits per heavy atom. The summed E-state index contributed by atoms with van der Waals surface area (Å²) in [5.74, 6) is 0.896. The van der Waals surface area contributed by atoms with Crippen molar-refractivity contribution in [3.63, 3.8) is 0 Å². The van der Waals surface area contributed by atoms with Crippen LogP contribution >= 0.6 is 0 Å². The molecular formula is C26H28N4O2. The van der Waals surface area contributed by atoms with E-state index in [4.69, 9.17) is 4.74 Å². The number of benzene rings is 2. The molecule has 0 aliphatic carbocycles. The number of fused-ring (bicyclic) bond motifs is 1. The van der Waals surface area contributed by atoms with Gasteiger partial charge in [-0.1, -0.05) is 42.8 Å². The van der Waals surface area contributed by atoms with E-state index in [1.54, 1.807) is 0 Å². The smallest absolute Gasteiger partial charge is 0.162 e. The number of aliphatic hydroxyl groups excluding tert-OH is 1. The lowest BCUT2D eigenvalue weighted by atomic mass is 10.1. The minimum Gasteiger partial charge on any atom is -0.492 e. The molecule has 1 saturated heterocycles. The second kappa shape index (κ2) is 9.51. The first-order chi connectivity index (χ1) is 15.8. The van der Waals surface area contributed by atoms with Gasteiger partial charge < -0.3 is 9.84 Å². The molecule has 3 heterocycles. The number of rotatable bonds is 7. The molecule has 1 aliphatic heterocycles. The monoisotopic (exact) mass is 428 g/mol. The van der Waals surface area contributed by atoms with Crippen LogP contribution in [0.4, 0.5) is 0 Å². The highest BCUT2D eigenvalue weighted by Gasteiger charge is 2.11. The van der Waals surface area contributed by atoms with E-state index in [1.807, 2.05) is 59.5 Å². The first-order valence-corrected chi connectivity index (χ1v) is 11.3. The van der Waals surface area contributed by atoms with Crippen LogP contribution in [0.1, 0.15) is 24.8 Å². The molecule has 6 heteroatoms. The summed E-state index contributed by atoms with van der Waals surface area (Å²) in [5.41, 5.74) is 5.78. The Labute approximate surface area is 188 Å². The largest absolute Gasteiger partial charge is 0.492 e. The molecule has 2 aromatic heterocycles. The van der Waals surface area contributed by atoms with Crippen LogP contribution in [0, 0.1) is 0 Å². The summed E-state index contributed by atoms with van der Waals surface area (Å²) in [6.07, 6.45) is 9.69. The molecule has 1 N–H and O–H groups in total. The Kier molecular flexibility index (Phi) is 6.14. The number of likely N-dealkylation sites (tertiary alicyclic amines) is 1. The predicted octanol–water partition coefficient (Wildman–Crippen LogP) is 4.42. The van der Waals surface area contributed by atoms with E-state index >= 15 is 0 Å². The van der Waals surface area contributed by atoms with E-state index < -0.39 is 0 Å². The van der Waals surface area contributed by atoms with E-state index in [2.05, 4.69) is 27.1 Å². The van der Waals surface area contributed by atoms with Crippen molar-refractivity contribution in [3.05, 3.63) is 72.7 Å². The first-order valence-electron chi connectivity index (χ1n) is 11.3. The third-order valence-electron chi connectivity index (χ3n) is 6.12. The summed E-state index contributed by atoms with van der Waals surface area (Å²) in [4.78, 5) is 7.16. The predicted molar refractivity (Wildman–Crippen MR) is 126 cm³/mol. The summed E-state index contributed by atoms with van der Waals surface area (Å²) in [6.45, 7) is 4.15. The van der Waals surface area contributed by atoms with Crippen LogP contribution in [-0.2, 0) is 6.61 Å². The van der Waals surface area contributed by atoms with E-state index in [-0.39, 0.29) is 6.61 Å². The maximum atomic E-state index is 9.24. The van der Waals surface area contributed by atoms with Crippen molar-refractivity contribution in [2.75, 3.05) is 26.2 Å². The van der Waals surface area contributed by atoms with Gasteiger partial charge in [-0.15, -0.1) is 0 Å². The quantitative estimate of drug-likeness (QED) is 0.472. The van der Waals surface area contributed by atoms with Gasteiger partial charge in [-0.2, -0.15) is 5.10 Å². The number of nitrogens with zero attached hydrogens (tertiary/aromatic N) is 4. The standard InChI is InChI=1S/C26H28N4O2/c31-19-20-4-6-22(7-5-20)25-17-28-30-18-23(16-27-26(25)30)21-8-10-24(11-9-21)32-15-14-29-12-2-1-3-13-29/h4-11,16-18,31H,1-3,12-15,19H2. The molecular weight excluding hydrogens is 400 g/mol. The third kappa shape index (κ3) is 4.52. The van der Waals surface area contributed by atoms with Gasteiger partial charge in [-0.25, -0.2) is 9.50 Å². The highest BCUT2D eigenvalue weighted by Crippen LogP contribution is 2.27. The number of aromatic nitrogens is 3. The average Bonchev–Trinajstić information content (AvgIpc) is 3.28. The summed E-state index contributed by atoms with van der Waals surface area (Å²) in [5, 5.41) is 13.7. The van der Waals surface area contributed by atoms with Gasteiger partial charge in [0.15, 0.2) is 5.65 Å². The molecule has 1 aliphatic rings. The van der Waals surface area contributed by atoms with E-state index in [0.29, 0.717) is 0 Å². The average molecular weight is 429 g/mol. The van der Waals surface area contributed by atoms with Crippen molar-refractivity contribution in [2.45, 2.75) is 25.9 Å². The number of hydrogen-bond acceptors (Lipinski definition) is 5. The van der Waals surface area contributed by atoms with Crippen LogP contribution in [0.2, 0.25) is 0 Å². The zero-order valence-corrected chi connectivity index (χ0v) is 18.2. The van der Waals surface area contributed by atoms with Crippen molar-refractivity contribution in [2.24, 2.45) is 0 Å². The van der Waals surface area contributed by atoms with Crippen LogP contribution in [0.25, 0.3) is 27.9 Å². The molecule has 1 fully saturated rings. The second-order valence-corrected chi connectivity index (χ2v) is 8.30. The van der Waals surface area contributed by atoms with E-state index in [0.717, 1.165) is 52.4 Å². The van der Waals surface area contributed by atoms with Gasteiger partial charge in [-0.05, 0) is 54.8 Å². The fourth-order valence-electron chi connectivity index (χ4n) is 4.24. The SMILES string of the molecule is OCc1ccc(-c2cnn3cc(-c4ccc(OCCN5CCCCC5)cc4)cnc23)cc1. The van der Waals surface area contributed by atoms with Crippen LogP contribution in [0.5, 0.6) is 5.75 Å². The molecule has 164 valence electrons. The van der Waals surface area contributed by atoms with Crippen molar-refractivity contribution < 1.29 is 9.84 Å². The van der Waals surface area contributed by atoms with E-state index in [9.17, 15) is 5.11 Å². The fourth-order valence-corrected chi connectivity index (χ4v) is 4.24. The highest BCUT2D eigenvalue weighted by atomic mass is 16.5. The Balaban J connectivity index is 1.27. The summed E-state index contributed by atoms with van der Waals surface area (Å²) >= 11 is 0. The van der Waals surface area contributed by atoms with Gasteiger partial charge in [0, 0.05) is 30.1 Å². The summed E-state index contributed by atoms with van der Waals surface area (Å²) in [7, 11) is 0. The van der Waals surface area contributed by atoms with Gasteiger partial charge in [-0.3, -0.25) is 4.90 Å². The number of piperidine rings is 1. The number of aliphatic hydroxyl groups is 1. The maximum Gasteiger partial charge on any atom is 0.162 e. The van der Waals surface area contributed by atoms with Crippen molar-refractivity contribution in [1.29, 1.82) is 0 Å². The molecule has 4 aromatic rings. The number of hydrogen-bond donors (Lipinski definition) is 1. The van der Waals surface area contributed by atoms with Gasteiger partial charge in [0.1, 0.15) is 12.4 Å². The van der Waals surface area contributed by atoms with Crippen molar-refractivity contribution in [3.8, 4) is 28.0 Å². The topological polar surface area (TPSA) is 62.9 Å². The molecule has 0 saturated carbocycles. The third-order valence-corrected chi connectivity index (χ3v) is 6.12. The lowest BCUT2D eigenvalue weighted by Crippen LogP contribution is -2.33. The fraction of sp³-hybridized carbons (Fsp3) is 0.308. The van der Waals surface area contributed by atoms with Gasteiger partial charge in [0.25, 0.3) is 0 Å². The van der Waals surface area contributed by atoms with Gasteiger partial charge in [0.05, 0.1) is 12.8 Å². The molecule has 0 amide bonds. The van der Waals surface area contributed by atoms with Gasteiger partial charge in [0.2, 0.25) is 0 Å². The Morgan fingerprint density at radius 1 is 0.844 bits per heavy atom. The Bertz CT molecular complexity index is 1160. The summed E-state index contributed by atoms with van der Waals surface area (Å²) in [6, 6.07) is 16.0. The highest BCUT2D eigenvalue weighted by molar-refractivity contribution is 5.78. The Morgan fingerprint density at radius 3 is 2.34 bits per heavy atom. The van der Waals surface area contributed by atoms with Crippen LogP contribution < -0.4 is 4.74 Å². The van der Waals surface area contributed by atoms with E-state index in [1.165, 1.54) is 32.4 Å². The molecule has 0 unspecified atom stereocenters. The number of ether oxygens (including phenoxy) is 1. The lowest BCUT2D eigenvalue weighted by molar-refractivity contribution is 0.183. The van der Waals surface area contributed by atoms with Crippen molar-refractivity contribution in [1.82, 2.24) is 19.5 Å². The maximum absolute atomic E-state index is 9.24. The minimum absolute atomic E-state index is 0.0406. The first kappa shape index (κ1) is 20.7. The molecule has 5 rings (SSSR count). The molecule has 6 nitrogen and oxygen atoms in total. The molecule has 0 bridgehead atoms. The van der Waals surface area contributed by atoms with Crippen molar-refractivity contribution >= 4 is 5.65 Å². The van der Waals surface area contributed by atoms with Crippen LogP contribution in [-0.4, -0.2) is 50.8 Å². The molecule has 0 radical (unpaired) electrons. The summed E-state index contributed by atoms with van der Waals surface area (Å²) < 4.78 is 7.76. The van der Waals surface area contributed by atoms with Crippen LogP contribution in [0.15, 0.2) is 67.1 Å². The minimum atomic E-state index is 0.0406. The Hall–Kier alpha value is -3.22. The lowest BCUT2D eigenvalue weighted by Gasteiger charge is -2.26. The van der Waals surface area contributed by atoms with Gasteiger partial charge >= 0.3 is 0 Å². The zero-order chi connectivity index (χ0) is 21.8. The molecule has 2 aromatic carbocycles. The molecule has 0 spiro atoms. The zero-order valence-electron chi connectivity index (χ0n) is 18.2.